The molecular weight excluding hydrogens is 356 g/mol. The molecule has 0 saturated carbocycles. The van der Waals surface area contributed by atoms with E-state index in [9.17, 15) is 8.78 Å². The van der Waals surface area contributed by atoms with Gasteiger partial charge in [0.15, 0.2) is 5.96 Å². The average Bonchev–Trinajstić information content (AvgIpc) is 3.17. The van der Waals surface area contributed by atoms with Crippen molar-refractivity contribution >= 4 is 5.96 Å². The van der Waals surface area contributed by atoms with E-state index in [4.69, 9.17) is 4.74 Å². The number of aliphatic imine (C=N–C) groups is 1. The second-order valence-electron chi connectivity index (χ2n) is 5.63. The molecule has 0 aliphatic carbocycles. The lowest BCUT2D eigenvalue weighted by atomic mass is 10.2. The maximum Gasteiger partial charge on any atom is 0.387 e. The van der Waals surface area contributed by atoms with Gasteiger partial charge < -0.3 is 24.7 Å². The Morgan fingerprint density at radius 3 is 2.85 bits per heavy atom. The lowest BCUT2D eigenvalue weighted by molar-refractivity contribution is -0.0504. The van der Waals surface area contributed by atoms with E-state index in [-0.39, 0.29) is 12.3 Å². The fraction of sp³-hybridized carbons (Fsp3) is 0.444. The number of guanidine groups is 1. The van der Waals surface area contributed by atoms with E-state index in [1.54, 1.807) is 24.7 Å². The van der Waals surface area contributed by atoms with Crippen LogP contribution in [0.4, 0.5) is 8.78 Å². The third-order valence-corrected chi connectivity index (χ3v) is 3.68. The van der Waals surface area contributed by atoms with Crippen molar-refractivity contribution < 1.29 is 18.3 Å². The number of imidazole rings is 1. The zero-order chi connectivity index (χ0) is 19.5. The minimum atomic E-state index is -2.89. The van der Waals surface area contributed by atoms with Crippen molar-refractivity contribution in [2.24, 2.45) is 4.99 Å². The summed E-state index contributed by atoms with van der Waals surface area (Å²) in [6.45, 7) is 1.48. The molecule has 0 unspecified atom stereocenters. The molecule has 0 aliphatic heterocycles. The van der Waals surface area contributed by atoms with Crippen molar-refractivity contribution in [1.82, 2.24) is 20.2 Å². The van der Waals surface area contributed by atoms with Gasteiger partial charge in [-0.15, -0.1) is 0 Å². The average molecular weight is 381 g/mol. The number of hydrogen-bond donors (Lipinski definition) is 2. The summed E-state index contributed by atoms with van der Waals surface area (Å²) in [4.78, 5) is 8.46. The number of nitrogens with one attached hydrogen (secondary N) is 2. The normalized spacial score (nSPS) is 11.5. The van der Waals surface area contributed by atoms with Crippen LogP contribution in [0.2, 0.25) is 0 Å². The van der Waals surface area contributed by atoms with Crippen LogP contribution in [-0.2, 0) is 13.1 Å². The van der Waals surface area contributed by atoms with E-state index in [1.165, 1.54) is 13.2 Å². The van der Waals surface area contributed by atoms with Gasteiger partial charge in [-0.05, 0) is 31.5 Å². The molecule has 0 atom stereocenters. The third-order valence-electron chi connectivity index (χ3n) is 3.68. The van der Waals surface area contributed by atoms with Gasteiger partial charge in [0.05, 0.1) is 20.0 Å². The maximum absolute atomic E-state index is 12.6. The number of halogens is 2. The van der Waals surface area contributed by atoms with Gasteiger partial charge in [0.1, 0.15) is 11.5 Å². The van der Waals surface area contributed by atoms with Crippen molar-refractivity contribution in [2.45, 2.75) is 33.0 Å². The van der Waals surface area contributed by atoms with E-state index in [0.29, 0.717) is 30.4 Å². The summed E-state index contributed by atoms with van der Waals surface area (Å²) < 4.78 is 36.9. The molecule has 0 fully saturated rings. The number of nitrogens with zero attached hydrogens (tertiary/aromatic N) is 3. The van der Waals surface area contributed by atoms with Crippen molar-refractivity contribution in [2.75, 3.05) is 20.2 Å². The van der Waals surface area contributed by atoms with Gasteiger partial charge in [-0.1, -0.05) is 0 Å². The van der Waals surface area contributed by atoms with Gasteiger partial charge in [0.25, 0.3) is 0 Å². The molecule has 0 aliphatic rings. The first kappa shape index (κ1) is 20.5. The van der Waals surface area contributed by atoms with Gasteiger partial charge in [-0.3, -0.25) is 0 Å². The molecule has 0 saturated heterocycles. The summed E-state index contributed by atoms with van der Waals surface area (Å²) in [5, 5.41) is 6.36. The lowest BCUT2D eigenvalue weighted by Gasteiger charge is -2.13. The molecule has 2 rings (SSSR count). The topological polar surface area (TPSA) is 72.7 Å². The highest BCUT2D eigenvalue weighted by Crippen LogP contribution is 2.26. The number of benzene rings is 1. The van der Waals surface area contributed by atoms with Gasteiger partial charge in [0.2, 0.25) is 0 Å². The summed E-state index contributed by atoms with van der Waals surface area (Å²) in [5.74, 6) is 1.25. The monoisotopic (exact) mass is 381 g/mol. The number of hydrogen-bond acceptors (Lipinski definition) is 4. The molecule has 0 bridgehead atoms. The predicted molar refractivity (Wildman–Crippen MR) is 99.3 cm³/mol. The van der Waals surface area contributed by atoms with Crippen LogP contribution in [0.1, 0.15) is 18.9 Å². The Morgan fingerprint density at radius 2 is 2.19 bits per heavy atom. The van der Waals surface area contributed by atoms with E-state index in [2.05, 4.69) is 25.3 Å². The summed E-state index contributed by atoms with van der Waals surface area (Å²) in [7, 11) is 1.52. The highest BCUT2D eigenvalue weighted by Gasteiger charge is 2.11. The second-order valence-corrected chi connectivity index (χ2v) is 5.63. The van der Waals surface area contributed by atoms with Crippen LogP contribution in [0, 0.1) is 0 Å². The van der Waals surface area contributed by atoms with Crippen LogP contribution in [-0.4, -0.2) is 42.3 Å². The number of aryl methyl sites for hydroxylation is 1. The summed E-state index contributed by atoms with van der Waals surface area (Å²) in [5.41, 5.74) is 0.519. The number of methoxy groups -OCH3 is 1. The summed E-state index contributed by atoms with van der Waals surface area (Å²) in [6, 6.07) is 4.68. The number of ether oxygens (including phenoxy) is 2. The molecule has 1 aromatic heterocycles. The van der Waals surface area contributed by atoms with Gasteiger partial charge in [0, 0.05) is 37.6 Å². The molecule has 1 aromatic carbocycles. The van der Waals surface area contributed by atoms with E-state index >= 15 is 0 Å². The minimum absolute atomic E-state index is 0.0884. The molecule has 148 valence electrons. The quantitative estimate of drug-likeness (QED) is 0.376. The van der Waals surface area contributed by atoms with Crippen molar-refractivity contribution in [3.05, 3.63) is 42.5 Å². The standard InChI is InChI=1S/C18H25F2N5O2/c1-3-22-18(23-7-4-9-25-10-8-21-13-25)24-12-14-11-15(26-2)5-6-16(14)27-17(19)20/h5-6,8,10-11,13,17H,3-4,7,9,12H2,1-2H3,(H2,22,23,24). The fourth-order valence-corrected chi connectivity index (χ4v) is 2.41. The Balaban J connectivity index is 1.97. The Morgan fingerprint density at radius 1 is 1.33 bits per heavy atom. The largest absolute Gasteiger partial charge is 0.497 e. The van der Waals surface area contributed by atoms with Crippen LogP contribution in [0.25, 0.3) is 0 Å². The Hall–Kier alpha value is -2.84. The highest BCUT2D eigenvalue weighted by atomic mass is 19.3. The van der Waals surface area contributed by atoms with Crippen LogP contribution in [0.3, 0.4) is 0 Å². The molecule has 0 radical (unpaired) electrons. The number of rotatable bonds is 10. The first-order chi connectivity index (χ1) is 13.1. The maximum atomic E-state index is 12.6. The van der Waals surface area contributed by atoms with Crippen molar-refractivity contribution in [3.63, 3.8) is 0 Å². The van der Waals surface area contributed by atoms with Crippen LogP contribution < -0.4 is 20.1 Å². The van der Waals surface area contributed by atoms with Gasteiger partial charge in [-0.2, -0.15) is 8.78 Å². The van der Waals surface area contributed by atoms with Gasteiger partial charge in [-0.25, -0.2) is 9.98 Å². The van der Waals surface area contributed by atoms with Crippen LogP contribution in [0.15, 0.2) is 41.9 Å². The Kier molecular flexibility index (Phi) is 8.34. The van der Waals surface area contributed by atoms with E-state index < -0.39 is 6.61 Å². The SMILES string of the molecule is CCNC(=NCc1cc(OC)ccc1OC(F)F)NCCCn1ccnc1. The first-order valence-corrected chi connectivity index (χ1v) is 8.72. The first-order valence-electron chi connectivity index (χ1n) is 8.72. The molecular formula is C18H25F2N5O2. The van der Waals surface area contributed by atoms with Gasteiger partial charge >= 0.3 is 6.61 Å². The Bertz CT molecular complexity index is 708. The van der Waals surface area contributed by atoms with E-state index in [0.717, 1.165) is 13.0 Å². The highest BCUT2D eigenvalue weighted by molar-refractivity contribution is 5.79. The molecule has 27 heavy (non-hydrogen) atoms. The molecule has 2 N–H and O–H groups in total. The number of alkyl halides is 2. The van der Waals surface area contributed by atoms with Crippen LogP contribution in [0.5, 0.6) is 11.5 Å². The second kappa shape index (κ2) is 11.0. The Labute approximate surface area is 157 Å². The lowest BCUT2D eigenvalue weighted by Crippen LogP contribution is -2.38. The van der Waals surface area contributed by atoms with E-state index in [1.807, 2.05) is 17.7 Å². The van der Waals surface area contributed by atoms with Crippen molar-refractivity contribution in [1.29, 1.82) is 0 Å². The zero-order valence-electron chi connectivity index (χ0n) is 15.5. The molecule has 0 spiro atoms. The minimum Gasteiger partial charge on any atom is -0.497 e. The summed E-state index contributed by atoms with van der Waals surface area (Å²) in [6.07, 6.45) is 6.31. The fourth-order valence-electron chi connectivity index (χ4n) is 2.41. The molecule has 1 heterocycles. The molecule has 9 heteroatoms. The van der Waals surface area contributed by atoms with Crippen molar-refractivity contribution in [3.8, 4) is 11.5 Å². The molecule has 0 amide bonds. The molecule has 2 aromatic rings. The zero-order valence-corrected chi connectivity index (χ0v) is 15.5. The predicted octanol–water partition coefficient (Wildman–Crippen LogP) is 2.64. The molecule has 7 nitrogen and oxygen atoms in total. The van der Waals surface area contributed by atoms with Crippen LogP contribution >= 0.6 is 0 Å². The number of aromatic nitrogens is 2. The summed E-state index contributed by atoms with van der Waals surface area (Å²) >= 11 is 0. The smallest absolute Gasteiger partial charge is 0.387 e. The third kappa shape index (κ3) is 7.12.